The average molecular weight is 393 g/mol. The van der Waals surface area contributed by atoms with Crippen molar-refractivity contribution in [3.05, 3.63) is 102 Å². The molecule has 1 N–H and O–H groups in total. The van der Waals surface area contributed by atoms with Gasteiger partial charge in [0.15, 0.2) is 0 Å². The number of benzene rings is 3. The fourth-order valence-corrected chi connectivity index (χ4v) is 4.19. The predicted molar refractivity (Wildman–Crippen MR) is 120 cm³/mol. The topological polar surface area (TPSA) is 46.9 Å². The number of carbonyl (C=O) groups excluding carboxylic acids is 1. The number of aromatic nitrogens is 2. The molecule has 1 atom stereocenters. The largest absolute Gasteiger partial charge is 0.310 e. The molecule has 0 saturated carbocycles. The molecule has 4 nitrogen and oxygen atoms in total. The summed E-state index contributed by atoms with van der Waals surface area (Å²) in [5, 5.41) is 8.08. The Morgan fingerprint density at radius 2 is 1.60 bits per heavy atom. The lowest BCUT2D eigenvalue weighted by Gasteiger charge is -2.25. The van der Waals surface area contributed by atoms with Crippen molar-refractivity contribution in [2.45, 2.75) is 25.7 Å². The number of nitrogens with zero attached hydrogens (tertiary/aromatic N) is 2. The first-order valence-corrected chi connectivity index (χ1v) is 10.4. The van der Waals surface area contributed by atoms with Crippen LogP contribution in [-0.2, 0) is 11.2 Å². The Kier molecular flexibility index (Phi) is 4.68. The molecule has 4 heteroatoms. The summed E-state index contributed by atoms with van der Waals surface area (Å²) >= 11 is 0. The maximum Gasteiger partial charge on any atom is 0.226 e. The summed E-state index contributed by atoms with van der Waals surface area (Å²) in [4.78, 5) is 12.7. The fourth-order valence-electron chi connectivity index (χ4n) is 4.19. The van der Waals surface area contributed by atoms with E-state index in [2.05, 4.69) is 48.6 Å². The maximum absolute atomic E-state index is 12.7. The van der Waals surface area contributed by atoms with Gasteiger partial charge in [-0.1, -0.05) is 79.7 Å². The predicted octanol–water partition coefficient (Wildman–Crippen LogP) is 5.58. The van der Waals surface area contributed by atoms with Crippen LogP contribution >= 0.6 is 0 Å². The first kappa shape index (κ1) is 18.4. The Balaban J connectivity index is 1.74. The number of anilines is 1. The maximum atomic E-state index is 12.7. The van der Waals surface area contributed by atoms with Crippen molar-refractivity contribution in [3.8, 4) is 16.9 Å². The van der Waals surface area contributed by atoms with E-state index in [4.69, 9.17) is 5.10 Å². The number of aryl methyl sites for hydroxylation is 1. The second-order valence-electron chi connectivity index (χ2n) is 7.62. The van der Waals surface area contributed by atoms with E-state index >= 15 is 0 Å². The molecule has 0 aliphatic carbocycles. The quantitative estimate of drug-likeness (QED) is 0.492. The van der Waals surface area contributed by atoms with Crippen molar-refractivity contribution in [3.63, 3.8) is 0 Å². The molecule has 0 radical (unpaired) electrons. The summed E-state index contributed by atoms with van der Waals surface area (Å²) in [6.07, 6.45) is 1.41. The molecule has 0 spiro atoms. The number of para-hydroxylation sites is 1. The van der Waals surface area contributed by atoms with E-state index in [1.54, 1.807) is 0 Å². The minimum absolute atomic E-state index is 0.0174. The van der Waals surface area contributed by atoms with Gasteiger partial charge in [-0.3, -0.25) is 4.79 Å². The zero-order chi connectivity index (χ0) is 20.5. The summed E-state index contributed by atoms with van der Waals surface area (Å²) in [7, 11) is 0. The Hall–Kier alpha value is -3.66. The highest BCUT2D eigenvalue weighted by molar-refractivity contribution is 5.96. The van der Waals surface area contributed by atoms with Crippen molar-refractivity contribution in [2.24, 2.45) is 0 Å². The summed E-state index contributed by atoms with van der Waals surface area (Å²) in [5.41, 5.74) is 6.41. The molecule has 4 aromatic rings. The van der Waals surface area contributed by atoms with Crippen LogP contribution in [0, 0.1) is 0 Å². The van der Waals surface area contributed by atoms with Gasteiger partial charge in [0.2, 0.25) is 5.91 Å². The van der Waals surface area contributed by atoms with E-state index in [1.165, 1.54) is 5.56 Å². The third-order valence-corrected chi connectivity index (χ3v) is 5.76. The van der Waals surface area contributed by atoms with Crippen molar-refractivity contribution < 1.29 is 4.79 Å². The van der Waals surface area contributed by atoms with Crippen LogP contribution in [0.15, 0.2) is 84.9 Å². The van der Waals surface area contributed by atoms with Crippen molar-refractivity contribution in [2.75, 3.05) is 5.32 Å². The smallest absolute Gasteiger partial charge is 0.226 e. The van der Waals surface area contributed by atoms with Gasteiger partial charge < -0.3 is 5.32 Å². The molecule has 0 saturated heterocycles. The first-order valence-electron chi connectivity index (χ1n) is 10.4. The number of fused-ring (bicyclic) bond motifs is 1. The molecule has 3 aromatic carbocycles. The lowest BCUT2D eigenvalue weighted by atomic mass is 9.84. The Bertz CT molecular complexity index is 1180. The summed E-state index contributed by atoms with van der Waals surface area (Å²) in [6.45, 7) is 2.15. The van der Waals surface area contributed by atoms with Crippen LogP contribution in [0.1, 0.15) is 36.0 Å². The standard InChI is InChI=1S/C26H23N3O/c1-2-18-13-15-19(16-14-18)22-17-23(30)27-26-24(22)25(20-9-5-3-6-10-20)28-29(26)21-11-7-4-8-12-21/h3-16,22H,2,17H2,1H3,(H,27,30). The first-order chi connectivity index (χ1) is 14.7. The van der Waals surface area contributed by atoms with Crippen LogP contribution in [0.3, 0.4) is 0 Å². The lowest BCUT2D eigenvalue weighted by Crippen LogP contribution is -2.24. The molecule has 2 heterocycles. The van der Waals surface area contributed by atoms with E-state index in [9.17, 15) is 4.79 Å². The number of hydrogen-bond donors (Lipinski definition) is 1. The number of carbonyl (C=O) groups is 1. The van der Waals surface area contributed by atoms with Crippen LogP contribution in [0.4, 0.5) is 5.82 Å². The molecule has 1 aromatic heterocycles. The normalized spacial score (nSPS) is 15.5. The third-order valence-electron chi connectivity index (χ3n) is 5.76. The van der Waals surface area contributed by atoms with Gasteiger partial charge in [0, 0.05) is 23.5 Å². The van der Waals surface area contributed by atoms with Gasteiger partial charge >= 0.3 is 0 Å². The Labute approximate surface area is 176 Å². The van der Waals surface area contributed by atoms with Crippen LogP contribution < -0.4 is 5.32 Å². The molecule has 1 amide bonds. The van der Waals surface area contributed by atoms with E-state index < -0.39 is 0 Å². The zero-order valence-electron chi connectivity index (χ0n) is 16.9. The molecule has 0 bridgehead atoms. The van der Waals surface area contributed by atoms with Crippen LogP contribution in [-0.4, -0.2) is 15.7 Å². The van der Waals surface area contributed by atoms with Crippen molar-refractivity contribution in [1.82, 2.24) is 9.78 Å². The van der Waals surface area contributed by atoms with Gasteiger partial charge in [0.05, 0.1) is 11.4 Å². The highest BCUT2D eigenvalue weighted by Gasteiger charge is 2.34. The van der Waals surface area contributed by atoms with E-state index in [0.717, 1.165) is 40.3 Å². The Morgan fingerprint density at radius 1 is 0.933 bits per heavy atom. The fraction of sp³-hybridized carbons (Fsp3) is 0.154. The highest BCUT2D eigenvalue weighted by Crippen LogP contribution is 2.43. The van der Waals surface area contributed by atoms with Gasteiger partial charge in [0.25, 0.3) is 0 Å². The molecule has 30 heavy (non-hydrogen) atoms. The van der Waals surface area contributed by atoms with Crippen molar-refractivity contribution in [1.29, 1.82) is 0 Å². The third kappa shape index (κ3) is 3.20. The average Bonchev–Trinajstić information content (AvgIpc) is 3.19. The molecule has 148 valence electrons. The van der Waals surface area contributed by atoms with Gasteiger partial charge in [-0.05, 0) is 29.7 Å². The molecule has 1 aliphatic heterocycles. The van der Waals surface area contributed by atoms with Gasteiger partial charge in [0.1, 0.15) is 5.82 Å². The number of rotatable bonds is 4. The minimum Gasteiger partial charge on any atom is -0.310 e. The number of amides is 1. The number of hydrogen-bond acceptors (Lipinski definition) is 2. The molecular formula is C26H23N3O. The van der Waals surface area contributed by atoms with Crippen LogP contribution in [0.5, 0.6) is 0 Å². The monoisotopic (exact) mass is 393 g/mol. The lowest BCUT2D eigenvalue weighted by molar-refractivity contribution is -0.116. The minimum atomic E-state index is -0.0349. The molecule has 0 fully saturated rings. The summed E-state index contributed by atoms with van der Waals surface area (Å²) in [5.74, 6) is 0.747. The molecule has 1 aliphatic rings. The van der Waals surface area contributed by atoms with Crippen LogP contribution in [0.2, 0.25) is 0 Å². The number of nitrogens with one attached hydrogen (secondary N) is 1. The van der Waals surface area contributed by atoms with E-state index in [-0.39, 0.29) is 11.8 Å². The molecular weight excluding hydrogens is 370 g/mol. The van der Waals surface area contributed by atoms with Crippen LogP contribution in [0.25, 0.3) is 16.9 Å². The molecule has 5 rings (SSSR count). The summed E-state index contributed by atoms with van der Waals surface area (Å²) < 4.78 is 1.86. The second kappa shape index (κ2) is 7.64. The van der Waals surface area contributed by atoms with Gasteiger partial charge in [-0.15, -0.1) is 0 Å². The second-order valence-corrected chi connectivity index (χ2v) is 7.62. The molecule has 1 unspecified atom stereocenters. The SMILES string of the molecule is CCc1ccc(C2CC(=O)Nc3c2c(-c2ccccc2)nn3-c2ccccc2)cc1. The van der Waals surface area contributed by atoms with Crippen molar-refractivity contribution >= 4 is 11.7 Å². The van der Waals surface area contributed by atoms with E-state index in [0.29, 0.717) is 6.42 Å². The van der Waals surface area contributed by atoms with Gasteiger partial charge in [-0.2, -0.15) is 5.10 Å². The Morgan fingerprint density at radius 3 is 2.27 bits per heavy atom. The highest BCUT2D eigenvalue weighted by atomic mass is 16.1. The van der Waals surface area contributed by atoms with Gasteiger partial charge in [-0.25, -0.2) is 4.68 Å². The zero-order valence-corrected chi connectivity index (χ0v) is 16.9. The van der Waals surface area contributed by atoms with E-state index in [1.807, 2.05) is 53.2 Å². The summed E-state index contributed by atoms with van der Waals surface area (Å²) in [6, 6.07) is 28.8.